The van der Waals surface area contributed by atoms with Gasteiger partial charge in [-0.3, -0.25) is 14.5 Å². The van der Waals surface area contributed by atoms with E-state index in [0.29, 0.717) is 6.29 Å². The van der Waals surface area contributed by atoms with E-state index in [-0.39, 0.29) is 11.8 Å². The van der Waals surface area contributed by atoms with Crippen LogP contribution in [-0.2, 0) is 9.59 Å². The van der Waals surface area contributed by atoms with Crippen molar-refractivity contribution in [3.8, 4) is 0 Å². The van der Waals surface area contributed by atoms with Crippen molar-refractivity contribution >= 4 is 23.8 Å². The summed E-state index contributed by atoms with van der Waals surface area (Å²) in [5, 5.41) is 0. The number of aldehydes is 1. The number of carbonyl (C=O) groups excluding carboxylic acids is 2. The first-order valence-corrected chi connectivity index (χ1v) is 4.18. The molecular weight excluding hydrogens is 150 g/mol. The quantitative estimate of drug-likeness (QED) is 0.411. The van der Waals surface area contributed by atoms with Crippen LogP contribution in [0.5, 0.6) is 0 Å². The molecule has 0 aromatic rings. The van der Waals surface area contributed by atoms with E-state index in [2.05, 4.69) is 0 Å². The molecule has 1 rings (SSSR count). The predicted molar refractivity (Wildman–Crippen MR) is 39.9 cm³/mol. The topological polar surface area (TPSA) is 37.4 Å². The summed E-state index contributed by atoms with van der Waals surface area (Å²) in [6.45, 7) is 0. The summed E-state index contributed by atoms with van der Waals surface area (Å²) in [6, 6.07) is -0.164. The maximum absolute atomic E-state index is 10.8. The van der Waals surface area contributed by atoms with Crippen LogP contribution in [0.3, 0.4) is 0 Å². The molecule has 0 amide bonds. The predicted octanol–water partition coefficient (Wildman–Crippen LogP) is -0.241. The smallest absolute Gasteiger partial charge is 0.213 e. The van der Waals surface area contributed by atoms with Gasteiger partial charge in [0.25, 0.3) is 0 Å². The second kappa shape index (κ2) is 3.16. The molecular formula is C6H9NO2S. The van der Waals surface area contributed by atoms with E-state index >= 15 is 0 Å². The molecule has 0 saturated carbocycles. The van der Waals surface area contributed by atoms with E-state index in [1.165, 1.54) is 0 Å². The van der Waals surface area contributed by atoms with Crippen molar-refractivity contribution in [1.82, 2.24) is 4.90 Å². The van der Waals surface area contributed by atoms with Crippen molar-refractivity contribution < 1.29 is 9.59 Å². The van der Waals surface area contributed by atoms with Crippen LogP contribution in [0.1, 0.15) is 0 Å². The zero-order valence-electron chi connectivity index (χ0n) is 5.74. The third kappa shape index (κ3) is 1.38. The Morgan fingerprint density at radius 1 is 1.80 bits per heavy atom. The van der Waals surface area contributed by atoms with E-state index in [4.69, 9.17) is 0 Å². The largest absolute Gasteiger partial charge is 0.295 e. The fraction of sp³-hybridized carbons (Fsp3) is 0.667. The lowest BCUT2D eigenvalue weighted by Crippen LogP contribution is -2.35. The standard InChI is InChI=1S/C6H9NO2S/c1-7-4-10-3-5(7)6(9)2-8/h2,5H,3-4H2,1H3. The van der Waals surface area contributed by atoms with E-state index in [1.807, 2.05) is 11.9 Å². The number of hydrogen-bond acceptors (Lipinski definition) is 4. The van der Waals surface area contributed by atoms with E-state index < -0.39 is 0 Å². The van der Waals surface area contributed by atoms with Crippen LogP contribution >= 0.6 is 11.8 Å². The molecule has 1 unspecified atom stereocenters. The number of nitrogens with zero attached hydrogens (tertiary/aromatic N) is 1. The Hall–Kier alpha value is -0.350. The lowest BCUT2D eigenvalue weighted by atomic mass is 10.2. The number of hydrogen-bond donors (Lipinski definition) is 0. The average Bonchev–Trinajstić information content (AvgIpc) is 2.34. The number of Topliss-reactive ketones (excluding diaryl/α,β-unsaturated/α-hetero) is 1. The lowest BCUT2D eigenvalue weighted by Gasteiger charge is -2.12. The van der Waals surface area contributed by atoms with Crippen molar-refractivity contribution in [3.05, 3.63) is 0 Å². The molecule has 1 heterocycles. The molecule has 1 aliphatic heterocycles. The van der Waals surface area contributed by atoms with Gasteiger partial charge in [0.05, 0.1) is 6.04 Å². The third-order valence-corrected chi connectivity index (χ3v) is 2.69. The molecule has 0 N–H and O–H groups in total. The van der Waals surface area contributed by atoms with Crippen molar-refractivity contribution in [2.75, 3.05) is 18.7 Å². The molecule has 56 valence electrons. The SMILES string of the molecule is CN1CSCC1C(=O)C=O. The number of carbonyl (C=O) groups is 2. The van der Waals surface area contributed by atoms with Gasteiger partial charge in [0.15, 0.2) is 6.29 Å². The highest BCUT2D eigenvalue weighted by atomic mass is 32.2. The van der Waals surface area contributed by atoms with Crippen molar-refractivity contribution in [2.24, 2.45) is 0 Å². The molecule has 10 heavy (non-hydrogen) atoms. The Morgan fingerprint density at radius 2 is 2.50 bits per heavy atom. The van der Waals surface area contributed by atoms with Gasteiger partial charge in [-0.2, -0.15) is 0 Å². The highest BCUT2D eigenvalue weighted by molar-refractivity contribution is 7.99. The zero-order chi connectivity index (χ0) is 7.56. The number of likely N-dealkylation sites (N-methyl/N-ethyl adjacent to an activating group) is 1. The fourth-order valence-electron chi connectivity index (χ4n) is 0.903. The molecule has 0 radical (unpaired) electrons. The summed E-state index contributed by atoms with van der Waals surface area (Å²) in [7, 11) is 1.85. The minimum absolute atomic E-state index is 0.164. The Balaban J connectivity index is 2.54. The summed E-state index contributed by atoms with van der Waals surface area (Å²) < 4.78 is 0. The van der Waals surface area contributed by atoms with Crippen LogP contribution in [0.15, 0.2) is 0 Å². The van der Waals surface area contributed by atoms with E-state index in [0.717, 1.165) is 11.6 Å². The molecule has 3 nitrogen and oxygen atoms in total. The Bertz CT molecular complexity index is 160. The minimum atomic E-state index is -0.299. The van der Waals surface area contributed by atoms with Crippen LogP contribution < -0.4 is 0 Å². The number of thioether (sulfide) groups is 1. The van der Waals surface area contributed by atoms with Gasteiger partial charge in [-0.25, -0.2) is 0 Å². The fourth-order valence-corrected chi connectivity index (χ4v) is 2.12. The van der Waals surface area contributed by atoms with Gasteiger partial charge in [0.1, 0.15) is 0 Å². The molecule has 1 fully saturated rings. The van der Waals surface area contributed by atoms with Gasteiger partial charge < -0.3 is 0 Å². The molecule has 0 aliphatic carbocycles. The summed E-state index contributed by atoms with van der Waals surface area (Å²) in [5.74, 6) is 1.31. The van der Waals surface area contributed by atoms with E-state index in [9.17, 15) is 9.59 Å². The van der Waals surface area contributed by atoms with Crippen LogP contribution in [0.4, 0.5) is 0 Å². The Labute approximate surface area is 63.8 Å². The Kier molecular flexibility index (Phi) is 2.45. The molecule has 1 saturated heterocycles. The Morgan fingerprint density at radius 3 is 2.90 bits per heavy atom. The second-order valence-corrected chi connectivity index (χ2v) is 3.29. The molecule has 1 aliphatic rings. The monoisotopic (exact) mass is 159 g/mol. The number of rotatable bonds is 2. The van der Waals surface area contributed by atoms with Gasteiger partial charge in [-0.1, -0.05) is 0 Å². The first-order chi connectivity index (χ1) is 4.75. The van der Waals surface area contributed by atoms with Crippen LogP contribution in [0, 0.1) is 0 Å². The van der Waals surface area contributed by atoms with Crippen LogP contribution in [-0.4, -0.2) is 41.7 Å². The highest BCUT2D eigenvalue weighted by Gasteiger charge is 2.27. The van der Waals surface area contributed by atoms with Gasteiger partial charge in [0.2, 0.25) is 5.78 Å². The van der Waals surface area contributed by atoms with Crippen LogP contribution in [0.2, 0.25) is 0 Å². The molecule has 0 aromatic carbocycles. The van der Waals surface area contributed by atoms with Gasteiger partial charge in [-0.05, 0) is 7.05 Å². The zero-order valence-corrected chi connectivity index (χ0v) is 6.56. The molecule has 0 bridgehead atoms. The van der Waals surface area contributed by atoms with Gasteiger partial charge in [-0.15, -0.1) is 11.8 Å². The average molecular weight is 159 g/mol. The lowest BCUT2D eigenvalue weighted by molar-refractivity contribution is -0.132. The van der Waals surface area contributed by atoms with Gasteiger partial charge in [0, 0.05) is 11.6 Å². The maximum atomic E-state index is 10.8. The van der Waals surface area contributed by atoms with Crippen molar-refractivity contribution in [2.45, 2.75) is 6.04 Å². The second-order valence-electron chi connectivity index (χ2n) is 2.29. The normalized spacial score (nSPS) is 26.7. The highest BCUT2D eigenvalue weighted by Crippen LogP contribution is 2.18. The molecule has 4 heteroatoms. The number of ketones is 1. The summed E-state index contributed by atoms with van der Waals surface area (Å²) in [4.78, 5) is 22.7. The maximum Gasteiger partial charge on any atom is 0.213 e. The summed E-state index contributed by atoms with van der Waals surface area (Å²) in [6.07, 6.45) is 0.410. The molecule has 0 aromatic heterocycles. The van der Waals surface area contributed by atoms with Crippen LogP contribution in [0.25, 0.3) is 0 Å². The first-order valence-electron chi connectivity index (χ1n) is 3.02. The molecule has 0 spiro atoms. The first kappa shape index (κ1) is 7.75. The minimum Gasteiger partial charge on any atom is -0.295 e. The van der Waals surface area contributed by atoms with Crippen molar-refractivity contribution in [1.29, 1.82) is 0 Å². The van der Waals surface area contributed by atoms with E-state index in [1.54, 1.807) is 11.8 Å². The summed E-state index contributed by atoms with van der Waals surface area (Å²) in [5.41, 5.74) is 0. The third-order valence-electron chi connectivity index (χ3n) is 1.55. The van der Waals surface area contributed by atoms with Gasteiger partial charge >= 0.3 is 0 Å². The van der Waals surface area contributed by atoms with Crippen molar-refractivity contribution in [3.63, 3.8) is 0 Å². The summed E-state index contributed by atoms with van der Waals surface area (Å²) >= 11 is 1.68. The molecule has 1 atom stereocenters.